The van der Waals surface area contributed by atoms with E-state index in [2.05, 4.69) is 65.6 Å². The molecule has 112 valence electrons. The normalized spacial score (nSPS) is 10.4. The van der Waals surface area contributed by atoms with Crippen molar-refractivity contribution in [2.75, 3.05) is 17.2 Å². The van der Waals surface area contributed by atoms with Crippen molar-refractivity contribution in [3.63, 3.8) is 0 Å². The van der Waals surface area contributed by atoms with E-state index in [1.165, 1.54) is 11.1 Å². The van der Waals surface area contributed by atoms with Gasteiger partial charge in [-0.15, -0.1) is 0 Å². The summed E-state index contributed by atoms with van der Waals surface area (Å²) < 4.78 is 0. The van der Waals surface area contributed by atoms with E-state index < -0.39 is 0 Å². The van der Waals surface area contributed by atoms with Gasteiger partial charge in [0.2, 0.25) is 0 Å². The van der Waals surface area contributed by atoms with Gasteiger partial charge in [0.1, 0.15) is 18.0 Å². The Morgan fingerprint density at radius 1 is 1.05 bits per heavy atom. The van der Waals surface area contributed by atoms with Crippen LogP contribution in [0.4, 0.5) is 11.6 Å². The zero-order valence-corrected chi connectivity index (χ0v) is 13.1. The predicted molar refractivity (Wildman–Crippen MR) is 88.7 cm³/mol. The van der Waals surface area contributed by atoms with Gasteiger partial charge in [-0.1, -0.05) is 43.7 Å². The molecular formula is C17H24N4. The maximum Gasteiger partial charge on any atom is 0.134 e. The van der Waals surface area contributed by atoms with Crippen LogP contribution in [-0.2, 0) is 13.0 Å². The maximum absolute atomic E-state index is 4.39. The average Bonchev–Trinajstić information content (AvgIpc) is 2.50. The van der Waals surface area contributed by atoms with E-state index in [9.17, 15) is 0 Å². The summed E-state index contributed by atoms with van der Waals surface area (Å²) in [5.41, 5.74) is 3.69. The third kappa shape index (κ3) is 4.18. The van der Waals surface area contributed by atoms with Crippen LogP contribution in [0.1, 0.15) is 37.0 Å². The molecule has 0 spiro atoms. The highest BCUT2D eigenvalue weighted by molar-refractivity contribution is 5.57. The predicted octanol–water partition coefficient (Wildman–Crippen LogP) is 3.78. The van der Waals surface area contributed by atoms with Crippen molar-refractivity contribution in [3.05, 3.63) is 47.3 Å². The molecule has 0 aliphatic rings. The summed E-state index contributed by atoms with van der Waals surface area (Å²) >= 11 is 0. The first kappa shape index (κ1) is 15.3. The number of rotatable bonds is 7. The number of benzene rings is 1. The van der Waals surface area contributed by atoms with E-state index in [0.29, 0.717) is 0 Å². The second-order valence-corrected chi connectivity index (χ2v) is 5.17. The Morgan fingerprint density at radius 3 is 2.48 bits per heavy atom. The van der Waals surface area contributed by atoms with Gasteiger partial charge in [0.15, 0.2) is 0 Å². The number of nitrogens with zero attached hydrogens (tertiary/aromatic N) is 2. The number of aromatic nitrogens is 2. The van der Waals surface area contributed by atoms with Gasteiger partial charge < -0.3 is 10.6 Å². The van der Waals surface area contributed by atoms with Crippen LogP contribution in [-0.4, -0.2) is 16.5 Å². The molecule has 21 heavy (non-hydrogen) atoms. The van der Waals surface area contributed by atoms with Gasteiger partial charge >= 0.3 is 0 Å². The molecule has 0 aliphatic carbocycles. The van der Waals surface area contributed by atoms with Gasteiger partial charge in [0.25, 0.3) is 0 Å². The van der Waals surface area contributed by atoms with E-state index in [0.717, 1.165) is 43.1 Å². The molecule has 0 saturated heterocycles. The first-order chi connectivity index (χ1) is 10.2. The van der Waals surface area contributed by atoms with E-state index in [1.54, 1.807) is 6.33 Å². The number of hydrogen-bond donors (Lipinski definition) is 2. The third-order valence-electron chi connectivity index (χ3n) is 3.38. The van der Waals surface area contributed by atoms with Gasteiger partial charge in [0, 0.05) is 18.7 Å². The molecule has 4 heteroatoms. The molecule has 0 radical (unpaired) electrons. The van der Waals surface area contributed by atoms with Crippen LogP contribution >= 0.6 is 0 Å². The van der Waals surface area contributed by atoms with Gasteiger partial charge in [-0.05, 0) is 25.3 Å². The molecule has 4 nitrogen and oxygen atoms in total. The molecule has 1 heterocycles. The van der Waals surface area contributed by atoms with Crippen LogP contribution in [0.3, 0.4) is 0 Å². The van der Waals surface area contributed by atoms with Gasteiger partial charge in [0.05, 0.1) is 0 Å². The van der Waals surface area contributed by atoms with Crippen molar-refractivity contribution in [1.29, 1.82) is 0 Å². The molecule has 0 fully saturated rings. The van der Waals surface area contributed by atoms with Crippen LogP contribution < -0.4 is 10.6 Å². The minimum Gasteiger partial charge on any atom is -0.370 e. The van der Waals surface area contributed by atoms with Crippen LogP contribution in [0.15, 0.2) is 30.6 Å². The topological polar surface area (TPSA) is 49.8 Å². The summed E-state index contributed by atoms with van der Waals surface area (Å²) in [7, 11) is 0. The Morgan fingerprint density at radius 2 is 1.81 bits per heavy atom. The molecule has 0 unspecified atom stereocenters. The molecule has 1 aromatic heterocycles. The summed E-state index contributed by atoms with van der Waals surface area (Å²) in [6.45, 7) is 8.10. The van der Waals surface area contributed by atoms with E-state index >= 15 is 0 Å². The molecule has 0 aliphatic heterocycles. The van der Waals surface area contributed by atoms with Crippen molar-refractivity contribution < 1.29 is 0 Å². The summed E-state index contributed by atoms with van der Waals surface area (Å²) in [6, 6.07) is 8.51. The summed E-state index contributed by atoms with van der Waals surface area (Å²) in [6.07, 6.45) is 3.61. The first-order valence-corrected chi connectivity index (χ1v) is 7.61. The lowest BCUT2D eigenvalue weighted by atomic mass is 10.1. The van der Waals surface area contributed by atoms with Gasteiger partial charge in [-0.25, -0.2) is 9.97 Å². The van der Waals surface area contributed by atoms with Crippen molar-refractivity contribution >= 4 is 11.6 Å². The highest BCUT2D eigenvalue weighted by Crippen LogP contribution is 2.21. The molecule has 1 aromatic carbocycles. The Bertz CT molecular complexity index is 581. The molecule has 0 amide bonds. The fraction of sp³-hybridized carbons (Fsp3) is 0.412. The van der Waals surface area contributed by atoms with E-state index in [-0.39, 0.29) is 0 Å². The van der Waals surface area contributed by atoms with Crippen molar-refractivity contribution in [2.45, 2.75) is 40.2 Å². The van der Waals surface area contributed by atoms with Crippen LogP contribution in [0, 0.1) is 6.92 Å². The smallest absolute Gasteiger partial charge is 0.134 e. The molecule has 0 bridgehead atoms. The Kier molecular flexibility index (Phi) is 5.55. The fourth-order valence-corrected chi connectivity index (χ4v) is 2.30. The van der Waals surface area contributed by atoms with Crippen LogP contribution in [0.2, 0.25) is 0 Å². The highest BCUT2D eigenvalue weighted by atomic mass is 15.1. The standard InChI is InChI=1S/C17H24N4/c1-4-9-18-16-15(5-2)17(21-12-20-16)19-11-14-8-6-7-13(3)10-14/h6-8,10,12H,4-5,9,11H2,1-3H3,(H2,18,19,20,21). The molecule has 2 N–H and O–H groups in total. The van der Waals surface area contributed by atoms with Crippen LogP contribution in [0.5, 0.6) is 0 Å². The monoisotopic (exact) mass is 284 g/mol. The fourth-order valence-electron chi connectivity index (χ4n) is 2.30. The summed E-state index contributed by atoms with van der Waals surface area (Å²) in [5, 5.41) is 6.80. The second kappa shape index (κ2) is 7.62. The molecule has 0 saturated carbocycles. The molecule has 2 rings (SSSR count). The second-order valence-electron chi connectivity index (χ2n) is 5.17. The largest absolute Gasteiger partial charge is 0.370 e. The number of aryl methyl sites for hydroxylation is 1. The number of nitrogens with one attached hydrogen (secondary N) is 2. The summed E-state index contributed by atoms with van der Waals surface area (Å²) in [4.78, 5) is 8.75. The Balaban J connectivity index is 2.12. The lowest BCUT2D eigenvalue weighted by Crippen LogP contribution is -2.10. The van der Waals surface area contributed by atoms with E-state index in [1.807, 2.05) is 0 Å². The molecular weight excluding hydrogens is 260 g/mol. The number of hydrogen-bond acceptors (Lipinski definition) is 4. The number of anilines is 2. The quantitative estimate of drug-likeness (QED) is 0.812. The minimum absolute atomic E-state index is 0.777. The molecule has 0 atom stereocenters. The van der Waals surface area contributed by atoms with Crippen LogP contribution in [0.25, 0.3) is 0 Å². The zero-order valence-electron chi connectivity index (χ0n) is 13.1. The molecule has 2 aromatic rings. The Labute approximate surface area is 127 Å². The zero-order chi connectivity index (χ0) is 15.1. The SMILES string of the molecule is CCCNc1ncnc(NCc2cccc(C)c2)c1CC. The Hall–Kier alpha value is -2.10. The third-order valence-corrected chi connectivity index (χ3v) is 3.38. The van der Waals surface area contributed by atoms with Crippen molar-refractivity contribution in [2.24, 2.45) is 0 Å². The van der Waals surface area contributed by atoms with Crippen molar-refractivity contribution in [1.82, 2.24) is 9.97 Å². The van der Waals surface area contributed by atoms with Crippen molar-refractivity contribution in [3.8, 4) is 0 Å². The average molecular weight is 284 g/mol. The van der Waals surface area contributed by atoms with Gasteiger partial charge in [-0.3, -0.25) is 0 Å². The first-order valence-electron chi connectivity index (χ1n) is 7.61. The van der Waals surface area contributed by atoms with Gasteiger partial charge in [-0.2, -0.15) is 0 Å². The summed E-state index contributed by atoms with van der Waals surface area (Å²) in [5.74, 6) is 1.87. The maximum atomic E-state index is 4.39. The highest BCUT2D eigenvalue weighted by Gasteiger charge is 2.09. The lowest BCUT2D eigenvalue weighted by molar-refractivity contribution is 0.944. The minimum atomic E-state index is 0.777. The van der Waals surface area contributed by atoms with E-state index in [4.69, 9.17) is 0 Å². The lowest BCUT2D eigenvalue weighted by Gasteiger charge is -2.14.